The molecule has 2 bridgehead atoms. The van der Waals surface area contributed by atoms with Gasteiger partial charge < -0.3 is 10.2 Å². The van der Waals surface area contributed by atoms with E-state index in [4.69, 9.17) is 5.11 Å². The standard InChI is InChI=1S/C15H26O.C9H10O/c1-13(2)8-10-11(9-13)15(4)7-5-6-14(10,3)12(15)16;10-8-4-7-9-5-2-1-3-6-9/h10-12,16H,5-9H2,1-4H3;1-7,10H,8H2/b;7-4+. The molecular formula is C24H36O2. The lowest BCUT2D eigenvalue weighted by Gasteiger charge is -2.44. The van der Waals surface area contributed by atoms with Gasteiger partial charge in [0.05, 0.1) is 12.7 Å². The van der Waals surface area contributed by atoms with E-state index in [9.17, 15) is 5.11 Å². The summed E-state index contributed by atoms with van der Waals surface area (Å²) in [5.74, 6) is 1.56. The maximum absolute atomic E-state index is 10.7. The number of hydrogen-bond donors (Lipinski definition) is 2. The van der Waals surface area contributed by atoms with Gasteiger partial charge in [0.15, 0.2) is 0 Å². The number of rotatable bonds is 2. The molecule has 3 aliphatic rings. The molecule has 4 atom stereocenters. The molecule has 0 radical (unpaired) electrons. The fraction of sp³-hybridized carbons (Fsp3) is 0.667. The monoisotopic (exact) mass is 356 g/mol. The van der Waals surface area contributed by atoms with Gasteiger partial charge >= 0.3 is 0 Å². The first-order valence-corrected chi connectivity index (χ1v) is 10.2. The van der Waals surface area contributed by atoms with Gasteiger partial charge in [0, 0.05) is 0 Å². The minimum absolute atomic E-state index is 0.0418. The van der Waals surface area contributed by atoms with E-state index in [1.807, 2.05) is 36.4 Å². The average molecular weight is 357 g/mol. The molecule has 0 heterocycles. The van der Waals surface area contributed by atoms with Crippen molar-refractivity contribution in [2.24, 2.45) is 28.1 Å². The third-order valence-corrected chi connectivity index (χ3v) is 7.62. The highest BCUT2D eigenvalue weighted by molar-refractivity contribution is 5.48. The van der Waals surface area contributed by atoms with E-state index < -0.39 is 0 Å². The highest BCUT2D eigenvalue weighted by Crippen LogP contribution is 2.71. The topological polar surface area (TPSA) is 40.5 Å². The van der Waals surface area contributed by atoms with Crippen LogP contribution in [0.15, 0.2) is 36.4 Å². The zero-order chi connectivity index (χ0) is 19.0. The van der Waals surface area contributed by atoms with E-state index in [-0.39, 0.29) is 23.5 Å². The predicted molar refractivity (Wildman–Crippen MR) is 109 cm³/mol. The molecule has 0 spiro atoms. The van der Waals surface area contributed by atoms with Gasteiger partial charge in [-0.15, -0.1) is 0 Å². The van der Waals surface area contributed by atoms with Crippen molar-refractivity contribution < 1.29 is 10.2 Å². The van der Waals surface area contributed by atoms with Gasteiger partial charge in [0.25, 0.3) is 0 Å². The first-order valence-electron chi connectivity index (χ1n) is 10.2. The van der Waals surface area contributed by atoms with Crippen molar-refractivity contribution in [1.29, 1.82) is 0 Å². The molecule has 4 rings (SSSR count). The van der Waals surface area contributed by atoms with Crippen molar-refractivity contribution in [3.05, 3.63) is 42.0 Å². The lowest BCUT2D eigenvalue weighted by Crippen LogP contribution is -2.44. The molecule has 0 saturated heterocycles. The van der Waals surface area contributed by atoms with Crippen LogP contribution in [0.2, 0.25) is 0 Å². The van der Waals surface area contributed by atoms with Crippen molar-refractivity contribution in [3.63, 3.8) is 0 Å². The third kappa shape index (κ3) is 3.39. The summed E-state index contributed by atoms with van der Waals surface area (Å²) < 4.78 is 0. The van der Waals surface area contributed by atoms with Crippen LogP contribution in [0.4, 0.5) is 0 Å². The Balaban J connectivity index is 0.000000170. The molecule has 1 aromatic rings. The van der Waals surface area contributed by atoms with E-state index in [0.717, 1.165) is 17.4 Å². The fourth-order valence-corrected chi connectivity index (χ4v) is 6.35. The Labute approximate surface area is 159 Å². The van der Waals surface area contributed by atoms with Gasteiger partial charge in [-0.05, 0) is 59.3 Å². The van der Waals surface area contributed by atoms with Crippen LogP contribution < -0.4 is 0 Å². The maximum Gasteiger partial charge on any atom is 0.0652 e. The molecule has 144 valence electrons. The molecule has 1 aromatic carbocycles. The number of benzene rings is 1. The Morgan fingerprint density at radius 2 is 1.50 bits per heavy atom. The van der Waals surface area contributed by atoms with E-state index in [1.165, 1.54) is 32.1 Å². The lowest BCUT2D eigenvalue weighted by molar-refractivity contribution is -0.0656. The van der Waals surface area contributed by atoms with E-state index in [2.05, 4.69) is 27.7 Å². The minimum atomic E-state index is -0.0418. The average Bonchev–Trinajstić information content (AvgIpc) is 2.98. The largest absolute Gasteiger partial charge is 0.392 e. The SMILES string of the molecule is CC1(C)CC2C(C1)C1(C)CCCC2(C)C1O.OC/C=C/c1ccccc1. The summed E-state index contributed by atoms with van der Waals surface area (Å²) >= 11 is 0. The maximum atomic E-state index is 10.7. The summed E-state index contributed by atoms with van der Waals surface area (Å²) in [5.41, 5.74) is 2.09. The zero-order valence-corrected chi connectivity index (χ0v) is 16.9. The Morgan fingerprint density at radius 3 is 2.00 bits per heavy atom. The Kier molecular flexibility index (Phi) is 5.38. The van der Waals surface area contributed by atoms with E-state index >= 15 is 0 Å². The zero-order valence-electron chi connectivity index (χ0n) is 16.9. The quantitative estimate of drug-likeness (QED) is 0.754. The Hall–Kier alpha value is -1.12. The molecule has 4 unspecified atom stereocenters. The third-order valence-electron chi connectivity index (χ3n) is 7.62. The molecular weight excluding hydrogens is 320 g/mol. The number of fused-ring (bicyclic) bond motifs is 5. The van der Waals surface area contributed by atoms with Crippen molar-refractivity contribution in [2.75, 3.05) is 6.61 Å². The minimum Gasteiger partial charge on any atom is -0.392 e. The van der Waals surface area contributed by atoms with Gasteiger partial charge in [-0.25, -0.2) is 0 Å². The van der Waals surface area contributed by atoms with Crippen LogP contribution >= 0.6 is 0 Å². The number of aliphatic hydroxyl groups excluding tert-OH is 2. The summed E-state index contributed by atoms with van der Waals surface area (Å²) in [5, 5.41) is 19.1. The van der Waals surface area contributed by atoms with Crippen LogP contribution in [0.5, 0.6) is 0 Å². The first-order chi connectivity index (χ1) is 12.2. The van der Waals surface area contributed by atoms with Gasteiger partial charge in [0.1, 0.15) is 0 Å². The summed E-state index contributed by atoms with van der Waals surface area (Å²) in [7, 11) is 0. The number of aliphatic hydroxyl groups is 2. The molecule has 0 aromatic heterocycles. The second-order valence-corrected chi connectivity index (χ2v) is 10.0. The normalized spacial score (nSPS) is 40.2. The Bertz CT molecular complexity index is 607. The molecule has 26 heavy (non-hydrogen) atoms. The van der Waals surface area contributed by atoms with Gasteiger partial charge in [-0.1, -0.05) is 76.6 Å². The van der Waals surface area contributed by atoms with Crippen LogP contribution in [0.25, 0.3) is 6.08 Å². The lowest BCUT2D eigenvalue weighted by atomic mass is 9.63. The van der Waals surface area contributed by atoms with E-state index in [0.29, 0.717) is 5.41 Å². The van der Waals surface area contributed by atoms with Gasteiger partial charge in [-0.2, -0.15) is 0 Å². The second-order valence-electron chi connectivity index (χ2n) is 10.0. The summed E-state index contributed by atoms with van der Waals surface area (Å²) in [6.45, 7) is 9.66. The van der Waals surface area contributed by atoms with Crippen LogP contribution in [0, 0.1) is 28.1 Å². The molecule has 2 nitrogen and oxygen atoms in total. The molecule has 2 heteroatoms. The van der Waals surface area contributed by atoms with Crippen molar-refractivity contribution in [1.82, 2.24) is 0 Å². The molecule has 3 aliphatic carbocycles. The highest BCUT2D eigenvalue weighted by Gasteiger charge is 2.67. The predicted octanol–water partition coefficient (Wildman–Crippen LogP) is 5.30. The molecule has 0 amide bonds. The summed E-state index contributed by atoms with van der Waals surface area (Å²) in [6.07, 6.45) is 10.1. The van der Waals surface area contributed by atoms with Crippen LogP contribution in [0.1, 0.15) is 65.4 Å². The highest BCUT2D eigenvalue weighted by atomic mass is 16.3. The summed E-state index contributed by atoms with van der Waals surface area (Å²) in [6, 6.07) is 9.89. The van der Waals surface area contributed by atoms with Gasteiger partial charge in [0.2, 0.25) is 0 Å². The first kappa shape index (κ1) is 19.6. The molecule has 2 N–H and O–H groups in total. The van der Waals surface area contributed by atoms with E-state index in [1.54, 1.807) is 6.08 Å². The molecule has 3 saturated carbocycles. The summed E-state index contributed by atoms with van der Waals surface area (Å²) in [4.78, 5) is 0. The van der Waals surface area contributed by atoms with Crippen molar-refractivity contribution >= 4 is 6.08 Å². The van der Waals surface area contributed by atoms with Crippen molar-refractivity contribution in [3.8, 4) is 0 Å². The van der Waals surface area contributed by atoms with Crippen LogP contribution in [-0.4, -0.2) is 22.9 Å². The Morgan fingerprint density at radius 1 is 0.962 bits per heavy atom. The van der Waals surface area contributed by atoms with Crippen molar-refractivity contribution in [2.45, 2.75) is 65.9 Å². The van der Waals surface area contributed by atoms with Crippen LogP contribution in [0.3, 0.4) is 0 Å². The molecule has 0 aliphatic heterocycles. The second kappa shape index (κ2) is 7.13. The molecule has 3 fully saturated rings. The number of hydrogen-bond acceptors (Lipinski definition) is 2. The smallest absolute Gasteiger partial charge is 0.0652 e. The van der Waals surface area contributed by atoms with Crippen LogP contribution in [-0.2, 0) is 0 Å². The fourth-order valence-electron chi connectivity index (χ4n) is 6.35. The van der Waals surface area contributed by atoms with Gasteiger partial charge in [-0.3, -0.25) is 0 Å².